The molecule has 21 heavy (non-hydrogen) atoms. The van der Waals surface area contributed by atoms with Crippen molar-refractivity contribution in [1.82, 2.24) is 10.2 Å². The largest absolute Gasteiger partial charge is 0.481 e. The maximum atomic E-state index is 12.3. The normalized spacial score (nSPS) is 19.8. The van der Waals surface area contributed by atoms with Crippen LogP contribution in [0.4, 0.5) is 4.79 Å². The number of hydrogen-bond donors (Lipinski definition) is 2. The molecule has 0 heterocycles. The van der Waals surface area contributed by atoms with Crippen LogP contribution in [0.1, 0.15) is 65.7 Å². The molecule has 5 nitrogen and oxygen atoms in total. The zero-order chi connectivity index (χ0) is 16.0. The molecule has 1 atom stereocenters. The van der Waals surface area contributed by atoms with Gasteiger partial charge in [0.1, 0.15) is 0 Å². The molecule has 2 N–H and O–H groups in total. The summed E-state index contributed by atoms with van der Waals surface area (Å²) in [5, 5.41) is 11.8. The van der Waals surface area contributed by atoms with E-state index in [4.69, 9.17) is 5.11 Å². The molecule has 0 aromatic rings. The lowest BCUT2D eigenvalue weighted by molar-refractivity contribution is -0.137. The van der Waals surface area contributed by atoms with Gasteiger partial charge in [-0.1, -0.05) is 27.2 Å². The van der Waals surface area contributed by atoms with E-state index in [0.717, 1.165) is 32.1 Å². The topological polar surface area (TPSA) is 69.6 Å². The van der Waals surface area contributed by atoms with Crippen molar-refractivity contribution in [1.29, 1.82) is 0 Å². The van der Waals surface area contributed by atoms with Gasteiger partial charge in [-0.25, -0.2) is 4.79 Å². The third-order valence-electron chi connectivity index (χ3n) is 4.56. The van der Waals surface area contributed by atoms with E-state index in [1.165, 1.54) is 0 Å². The highest BCUT2D eigenvalue weighted by molar-refractivity contribution is 5.76. The molecular formula is C16H30N2O3. The Kier molecular flexibility index (Phi) is 6.49. The van der Waals surface area contributed by atoms with E-state index >= 15 is 0 Å². The fourth-order valence-electron chi connectivity index (χ4n) is 3.00. The van der Waals surface area contributed by atoms with Crippen molar-refractivity contribution >= 4 is 12.0 Å². The van der Waals surface area contributed by atoms with Gasteiger partial charge < -0.3 is 15.3 Å². The number of carbonyl (C=O) groups excluding carboxylic acids is 1. The lowest BCUT2D eigenvalue weighted by Gasteiger charge is -2.39. The summed E-state index contributed by atoms with van der Waals surface area (Å²) in [5.41, 5.74) is 0.377. The van der Waals surface area contributed by atoms with Crippen LogP contribution in [0.3, 0.4) is 0 Å². The fourth-order valence-corrected chi connectivity index (χ4v) is 3.00. The number of carbonyl (C=O) groups is 2. The smallest absolute Gasteiger partial charge is 0.317 e. The molecule has 0 saturated heterocycles. The summed E-state index contributed by atoms with van der Waals surface area (Å²) in [7, 11) is 1.82. The summed E-state index contributed by atoms with van der Waals surface area (Å²) in [5.74, 6) is -0.865. The van der Waals surface area contributed by atoms with Crippen molar-refractivity contribution in [2.24, 2.45) is 5.41 Å². The first-order valence-corrected chi connectivity index (χ1v) is 8.00. The molecule has 1 aliphatic rings. The minimum Gasteiger partial charge on any atom is -0.481 e. The van der Waals surface area contributed by atoms with Gasteiger partial charge in [0.25, 0.3) is 0 Å². The van der Waals surface area contributed by atoms with Crippen LogP contribution in [-0.4, -0.2) is 41.1 Å². The number of aliphatic carboxylic acids is 1. The average Bonchev–Trinajstić information content (AvgIpc) is 2.37. The van der Waals surface area contributed by atoms with Gasteiger partial charge in [0.2, 0.25) is 0 Å². The van der Waals surface area contributed by atoms with Crippen molar-refractivity contribution in [3.05, 3.63) is 0 Å². The molecule has 5 heteroatoms. The Labute approximate surface area is 128 Å². The van der Waals surface area contributed by atoms with E-state index in [1.54, 1.807) is 4.90 Å². The molecule has 122 valence electrons. The molecule has 0 bridgehead atoms. The van der Waals surface area contributed by atoms with Gasteiger partial charge in [-0.05, 0) is 37.5 Å². The number of amides is 2. The Morgan fingerprint density at radius 3 is 2.38 bits per heavy atom. The molecule has 0 aromatic heterocycles. The molecule has 0 radical (unpaired) electrons. The van der Waals surface area contributed by atoms with Crippen LogP contribution in [0, 0.1) is 5.41 Å². The third-order valence-corrected chi connectivity index (χ3v) is 4.56. The van der Waals surface area contributed by atoms with Gasteiger partial charge >= 0.3 is 12.0 Å². The number of hydrogen-bond acceptors (Lipinski definition) is 2. The molecule has 2 amide bonds. The van der Waals surface area contributed by atoms with Crippen LogP contribution >= 0.6 is 0 Å². The van der Waals surface area contributed by atoms with E-state index in [-0.39, 0.29) is 24.5 Å². The van der Waals surface area contributed by atoms with E-state index in [2.05, 4.69) is 19.2 Å². The zero-order valence-corrected chi connectivity index (χ0v) is 13.8. The van der Waals surface area contributed by atoms with E-state index in [0.29, 0.717) is 11.8 Å². The predicted molar refractivity (Wildman–Crippen MR) is 83.3 cm³/mol. The summed E-state index contributed by atoms with van der Waals surface area (Å²) in [6, 6.07) is -0.146. The third kappa shape index (κ3) is 5.94. The van der Waals surface area contributed by atoms with Gasteiger partial charge in [-0.3, -0.25) is 4.79 Å². The summed E-state index contributed by atoms with van der Waals surface area (Å²) >= 11 is 0. The van der Waals surface area contributed by atoms with Gasteiger partial charge in [-0.15, -0.1) is 0 Å². The summed E-state index contributed by atoms with van der Waals surface area (Å²) in [6.45, 7) is 6.54. The molecule has 1 saturated carbocycles. The number of carboxylic acid groups (broad SMARTS) is 1. The van der Waals surface area contributed by atoms with Gasteiger partial charge in [-0.2, -0.15) is 0 Å². The van der Waals surface area contributed by atoms with Crippen LogP contribution in [0.2, 0.25) is 0 Å². The molecule has 1 fully saturated rings. The minimum absolute atomic E-state index is 0.00881. The number of carboxylic acids is 1. The van der Waals surface area contributed by atoms with Crippen LogP contribution < -0.4 is 5.32 Å². The van der Waals surface area contributed by atoms with E-state index in [9.17, 15) is 9.59 Å². The molecule has 1 unspecified atom stereocenters. The van der Waals surface area contributed by atoms with E-state index in [1.807, 2.05) is 14.0 Å². The van der Waals surface area contributed by atoms with Crippen LogP contribution in [0.5, 0.6) is 0 Å². The van der Waals surface area contributed by atoms with Gasteiger partial charge in [0, 0.05) is 19.1 Å². The Balaban J connectivity index is 2.51. The van der Waals surface area contributed by atoms with Crippen molar-refractivity contribution in [2.75, 3.05) is 7.05 Å². The Hall–Kier alpha value is -1.26. The molecule has 0 aliphatic heterocycles. The van der Waals surface area contributed by atoms with Crippen LogP contribution in [-0.2, 0) is 4.79 Å². The van der Waals surface area contributed by atoms with Gasteiger partial charge in [0.05, 0.1) is 6.42 Å². The highest BCUT2D eigenvalue weighted by atomic mass is 16.4. The fraction of sp³-hybridized carbons (Fsp3) is 0.875. The first kappa shape index (κ1) is 17.8. The predicted octanol–water partition coefficient (Wildman–Crippen LogP) is 3.24. The van der Waals surface area contributed by atoms with Crippen LogP contribution in [0.25, 0.3) is 0 Å². The molecule has 1 aliphatic carbocycles. The maximum Gasteiger partial charge on any atom is 0.317 e. The highest BCUT2D eigenvalue weighted by Gasteiger charge is 2.31. The van der Waals surface area contributed by atoms with Gasteiger partial charge in [0.15, 0.2) is 0 Å². The first-order valence-electron chi connectivity index (χ1n) is 8.00. The lowest BCUT2D eigenvalue weighted by Crippen LogP contribution is -2.49. The van der Waals surface area contributed by atoms with Crippen molar-refractivity contribution in [2.45, 2.75) is 77.8 Å². The number of nitrogens with zero attached hydrogens (tertiary/aromatic N) is 1. The van der Waals surface area contributed by atoms with Crippen molar-refractivity contribution < 1.29 is 14.7 Å². The summed E-state index contributed by atoms with van der Waals surface area (Å²) in [4.78, 5) is 24.9. The quantitative estimate of drug-likeness (QED) is 0.791. The standard InChI is InChI=1S/C16H30N2O3/c1-5-6-12(11-14(19)20)17-15(21)18(4)13-7-9-16(2,3)10-8-13/h12-13H,5-11H2,1-4H3,(H,17,21)(H,19,20). The second-order valence-corrected chi connectivity index (χ2v) is 7.04. The second kappa shape index (κ2) is 7.66. The minimum atomic E-state index is -0.865. The van der Waals surface area contributed by atoms with Crippen molar-refractivity contribution in [3.8, 4) is 0 Å². The number of rotatable bonds is 6. The monoisotopic (exact) mass is 298 g/mol. The van der Waals surface area contributed by atoms with Crippen LogP contribution in [0.15, 0.2) is 0 Å². The van der Waals surface area contributed by atoms with Crippen molar-refractivity contribution in [3.63, 3.8) is 0 Å². The maximum absolute atomic E-state index is 12.3. The Bertz CT molecular complexity index is 359. The Morgan fingerprint density at radius 1 is 1.33 bits per heavy atom. The molecule has 0 spiro atoms. The second-order valence-electron chi connectivity index (χ2n) is 7.04. The molecule has 1 rings (SSSR count). The lowest BCUT2D eigenvalue weighted by atomic mass is 9.75. The SMILES string of the molecule is CCCC(CC(=O)O)NC(=O)N(C)C1CCC(C)(C)CC1. The molecular weight excluding hydrogens is 268 g/mol. The molecule has 0 aromatic carbocycles. The summed E-state index contributed by atoms with van der Waals surface area (Å²) in [6.07, 6.45) is 5.85. The summed E-state index contributed by atoms with van der Waals surface area (Å²) < 4.78 is 0. The average molecular weight is 298 g/mol. The Morgan fingerprint density at radius 2 is 1.90 bits per heavy atom. The number of nitrogens with one attached hydrogen (secondary N) is 1. The number of urea groups is 1. The van der Waals surface area contributed by atoms with E-state index < -0.39 is 5.97 Å². The highest BCUT2D eigenvalue weighted by Crippen LogP contribution is 2.36. The zero-order valence-electron chi connectivity index (χ0n) is 13.8. The first-order chi connectivity index (χ1) is 9.75.